The van der Waals surface area contributed by atoms with E-state index in [2.05, 4.69) is 18.8 Å². The van der Waals surface area contributed by atoms with E-state index in [0.29, 0.717) is 0 Å². The quantitative estimate of drug-likeness (QED) is 0.866. The van der Waals surface area contributed by atoms with Gasteiger partial charge in [-0.2, -0.15) is 0 Å². The molecule has 1 aliphatic carbocycles. The van der Waals surface area contributed by atoms with Crippen molar-refractivity contribution in [2.45, 2.75) is 58.0 Å². The third kappa shape index (κ3) is 2.68. The fourth-order valence-electron chi connectivity index (χ4n) is 3.07. The van der Waals surface area contributed by atoms with Crippen molar-refractivity contribution in [2.75, 3.05) is 0 Å². The maximum absolute atomic E-state index is 10.6. The summed E-state index contributed by atoms with van der Waals surface area (Å²) in [7, 11) is 0. The van der Waals surface area contributed by atoms with Crippen molar-refractivity contribution in [1.29, 1.82) is 0 Å². The molecule has 1 fully saturated rings. The number of aliphatic hydroxyl groups excluding tert-OH is 1. The molecule has 1 saturated carbocycles. The molecular weight excluding hydrogens is 210 g/mol. The predicted octanol–water partition coefficient (Wildman–Crippen LogP) is 3.52. The van der Waals surface area contributed by atoms with Crippen LogP contribution in [0.15, 0.2) is 24.4 Å². The summed E-state index contributed by atoms with van der Waals surface area (Å²) in [6.07, 6.45) is 7.64. The molecule has 1 heterocycles. The van der Waals surface area contributed by atoms with Crippen LogP contribution in [0.25, 0.3) is 0 Å². The molecule has 94 valence electrons. The van der Waals surface area contributed by atoms with Gasteiger partial charge in [0, 0.05) is 17.8 Å². The summed E-state index contributed by atoms with van der Waals surface area (Å²) >= 11 is 0. The molecule has 2 nitrogen and oxygen atoms in total. The van der Waals surface area contributed by atoms with Crippen molar-refractivity contribution in [3.8, 4) is 0 Å². The van der Waals surface area contributed by atoms with Crippen LogP contribution in [0.3, 0.4) is 0 Å². The minimum absolute atomic E-state index is 0.0786. The molecular formula is C15H23NO. The van der Waals surface area contributed by atoms with Gasteiger partial charge in [0.05, 0.1) is 6.10 Å². The number of rotatable bonds is 3. The largest absolute Gasteiger partial charge is 0.392 e. The van der Waals surface area contributed by atoms with Crippen LogP contribution >= 0.6 is 0 Å². The minimum Gasteiger partial charge on any atom is -0.392 e. The van der Waals surface area contributed by atoms with E-state index in [1.807, 2.05) is 24.4 Å². The monoisotopic (exact) mass is 233 g/mol. The Balaban J connectivity index is 2.11. The van der Waals surface area contributed by atoms with Crippen LogP contribution in [0.5, 0.6) is 0 Å². The molecule has 1 aliphatic rings. The second-order valence-corrected chi connectivity index (χ2v) is 5.70. The van der Waals surface area contributed by atoms with Crippen molar-refractivity contribution < 1.29 is 5.11 Å². The van der Waals surface area contributed by atoms with Crippen LogP contribution in [-0.2, 0) is 0 Å². The van der Waals surface area contributed by atoms with Crippen molar-refractivity contribution in [1.82, 2.24) is 4.98 Å². The first-order valence-electron chi connectivity index (χ1n) is 6.72. The molecule has 1 aromatic heterocycles. The van der Waals surface area contributed by atoms with Crippen LogP contribution in [0, 0.1) is 5.41 Å². The summed E-state index contributed by atoms with van der Waals surface area (Å²) in [6.45, 7) is 4.32. The lowest BCUT2D eigenvalue weighted by atomic mass is 9.68. The fourth-order valence-corrected chi connectivity index (χ4v) is 3.07. The smallest absolute Gasteiger partial charge is 0.0674 e. The Morgan fingerprint density at radius 3 is 2.53 bits per heavy atom. The molecule has 0 amide bonds. The first kappa shape index (κ1) is 12.6. The molecule has 0 spiro atoms. The van der Waals surface area contributed by atoms with E-state index in [4.69, 9.17) is 0 Å². The molecule has 2 heteroatoms. The Labute approximate surface area is 104 Å². The van der Waals surface area contributed by atoms with E-state index < -0.39 is 0 Å². The van der Waals surface area contributed by atoms with Gasteiger partial charge in [-0.05, 0) is 30.4 Å². The maximum atomic E-state index is 10.6. The molecule has 2 atom stereocenters. The first-order chi connectivity index (χ1) is 8.13. The van der Waals surface area contributed by atoms with Crippen LogP contribution < -0.4 is 0 Å². The third-order valence-corrected chi connectivity index (χ3v) is 4.34. The maximum Gasteiger partial charge on any atom is 0.0674 e. The lowest BCUT2D eigenvalue weighted by Crippen LogP contribution is -2.38. The second-order valence-electron chi connectivity index (χ2n) is 5.70. The van der Waals surface area contributed by atoms with E-state index in [1.54, 1.807) is 0 Å². The number of hydrogen-bond donors (Lipinski definition) is 1. The molecule has 2 unspecified atom stereocenters. The summed E-state index contributed by atoms with van der Waals surface area (Å²) in [5, 5.41) is 10.6. The highest BCUT2D eigenvalue weighted by Gasteiger charge is 2.37. The van der Waals surface area contributed by atoms with Gasteiger partial charge >= 0.3 is 0 Å². The Hall–Kier alpha value is -0.890. The summed E-state index contributed by atoms with van der Waals surface area (Å²) in [5.74, 6) is 0.124. The van der Waals surface area contributed by atoms with Gasteiger partial charge < -0.3 is 5.11 Å². The van der Waals surface area contributed by atoms with E-state index in [-0.39, 0.29) is 17.4 Å². The summed E-state index contributed by atoms with van der Waals surface area (Å²) in [5.41, 5.74) is 1.08. The number of aliphatic hydroxyl groups is 1. The predicted molar refractivity (Wildman–Crippen MR) is 69.9 cm³/mol. The molecule has 0 aromatic carbocycles. The molecule has 17 heavy (non-hydrogen) atoms. The fraction of sp³-hybridized carbons (Fsp3) is 0.667. The van der Waals surface area contributed by atoms with E-state index >= 15 is 0 Å². The van der Waals surface area contributed by atoms with Crippen molar-refractivity contribution in [3.63, 3.8) is 0 Å². The average molecular weight is 233 g/mol. The summed E-state index contributed by atoms with van der Waals surface area (Å²) in [6, 6.07) is 5.93. The standard InChI is InChI=1S/C15H23NO/c1-12(13-8-4-7-11-16-13)14(17)15(2)9-5-3-6-10-15/h4,7-8,11-12,14,17H,3,5-6,9-10H2,1-2H3. The van der Waals surface area contributed by atoms with Crippen LogP contribution in [0.1, 0.15) is 57.6 Å². The Kier molecular flexibility index (Phi) is 3.82. The van der Waals surface area contributed by atoms with Gasteiger partial charge in [0.25, 0.3) is 0 Å². The zero-order valence-electron chi connectivity index (χ0n) is 10.9. The lowest BCUT2D eigenvalue weighted by Gasteiger charge is -2.40. The van der Waals surface area contributed by atoms with Crippen molar-refractivity contribution in [2.24, 2.45) is 5.41 Å². The SMILES string of the molecule is CC(c1ccccn1)C(O)C1(C)CCCCC1. The van der Waals surface area contributed by atoms with Crippen molar-refractivity contribution in [3.05, 3.63) is 30.1 Å². The topological polar surface area (TPSA) is 33.1 Å². The normalized spacial score (nSPS) is 23.0. The Morgan fingerprint density at radius 1 is 1.24 bits per heavy atom. The number of pyridine rings is 1. The van der Waals surface area contributed by atoms with Crippen LogP contribution in [0.2, 0.25) is 0 Å². The van der Waals surface area contributed by atoms with Gasteiger partial charge in [-0.25, -0.2) is 0 Å². The van der Waals surface area contributed by atoms with Crippen molar-refractivity contribution >= 4 is 0 Å². The lowest BCUT2D eigenvalue weighted by molar-refractivity contribution is -0.00631. The molecule has 0 radical (unpaired) electrons. The first-order valence-corrected chi connectivity index (χ1v) is 6.72. The van der Waals surface area contributed by atoms with Gasteiger partial charge in [-0.3, -0.25) is 4.98 Å². The average Bonchev–Trinajstić information content (AvgIpc) is 2.39. The summed E-state index contributed by atoms with van der Waals surface area (Å²) in [4.78, 5) is 4.37. The van der Waals surface area contributed by atoms with Crippen LogP contribution in [-0.4, -0.2) is 16.2 Å². The second kappa shape index (κ2) is 5.18. The Morgan fingerprint density at radius 2 is 1.94 bits per heavy atom. The van der Waals surface area contributed by atoms with E-state index in [1.165, 1.54) is 19.3 Å². The minimum atomic E-state index is -0.280. The number of hydrogen-bond acceptors (Lipinski definition) is 2. The molecule has 0 aliphatic heterocycles. The zero-order valence-corrected chi connectivity index (χ0v) is 10.9. The Bertz CT molecular complexity index is 343. The third-order valence-electron chi connectivity index (χ3n) is 4.34. The highest BCUT2D eigenvalue weighted by molar-refractivity contribution is 5.12. The van der Waals surface area contributed by atoms with Gasteiger partial charge in [-0.1, -0.05) is 39.2 Å². The van der Waals surface area contributed by atoms with Crippen LogP contribution in [0.4, 0.5) is 0 Å². The molecule has 0 bridgehead atoms. The van der Waals surface area contributed by atoms with E-state index in [0.717, 1.165) is 18.5 Å². The molecule has 1 aromatic rings. The highest BCUT2D eigenvalue weighted by Crippen LogP contribution is 2.43. The number of aromatic nitrogens is 1. The highest BCUT2D eigenvalue weighted by atomic mass is 16.3. The zero-order chi connectivity index (χ0) is 12.3. The van der Waals surface area contributed by atoms with Gasteiger partial charge in [0.2, 0.25) is 0 Å². The summed E-state index contributed by atoms with van der Waals surface area (Å²) < 4.78 is 0. The molecule has 0 saturated heterocycles. The van der Waals surface area contributed by atoms with E-state index in [9.17, 15) is 5.11 Å². The van der Waals surface area contributed by atoms with Gasteiger partial charge in [0.15, 0.2) is 0 Å². The van der Waals surface area contributed by atoms with Gasteiger partial charge in [0.1, 0.15) is 0 Å². The number of nitrogens with zero attached hydrogens (tertiary/aromatic N) is 1. The molecule has 1 N–H and O–H groups in total. The molecule has 2 rings (SSSR count). The van der Waals surface area contributed by atoms with Gasteiger partial charge in [-0.15, -0.1) is 0 Å².